The van der Waals surface area contributed by atoms with E-state index in [-0.39, 0.29) is 18.1 Å². The summed E-state index contributed by atoms with van der Waals surface area (Å²) in [7, 11) is 0. The number of rotatable bonds is 1. The molecule has 1 fully saturated rings. The number of pyridine rings is 1. The molecule has 1 aliphatic rings. The number of hydrogen-bond acceptors (Lipinski definition) is 2. The number of nitrogens with zero attached hydrogens (tertiary/aromatic N) is 2. The van der Waals surface area contributed by atoms with Gasteiger partial charge >= 0.3 is 0 Å². The van der Waals surface area contributed by atoms with Gasteiger partial charge in [-0.05, 0) is 12.1 Å². The Morgan fingerprint density at radius 3 is 2.93 bits per heavy atom. The van der Waals surface area contributed by atoms with Gasteiger partial charge in [0.25, 0.3) is 5.92 Å². The first-order chi connectivity index (χ1) is 6.57. The van der Waals surface area contributed by atoms with E-state index in [0.717, 1.165) is 0 Å². The van der Waals surface area contributed by atoms with Crippen molar-refractivity contribution in [3.63, 3.8) is 0 Å². The molecule has 0 aliphatic carbocycles. The zero-order valence-electron chi connectivity index (χ0n) is 7.30. The van der Waals surface area contributed by atoms with Crippen LogP contribution in [-0.4, -0.2) is 24.0 Å². The third kappa shape index (κ3) is 1.95. The lowest BCUT2D eigenvalue weighted by Crippen LogP contribution is -2.25. The monoisotopic (exact) mass is 217 g/mol. The SMILES string of the molecule is FC1(F)CCN(c2cc[c]c(Cl)n2)C1. The molecule has 1 aromatic heterocycles. The Hall–Kier alpha value is -0.900. The number of alkyl halides is 2. The Balaban J connectivity index is 2.17. The van der Waals surface area contributed by atoms with Crippen LogP contribution in [0.15, 0.2) is 12.1 Å². The van der Waals surface area contributed by atoms with Crippen molar-refractivity contribution in [2.24, 2.45) is 0 Å². The molecule has 1 saturated heterocycles. The third-order valence-electron chi connectivity index (χ3n) is 2.14. The molecule has 1 radical (unpaired) electrons. The van der Waals surface area contributed by atoms with Gasteiger partial charge in [0, 0.05) is 19.0 Å². The van der Waals surface area contributed by atoms with Crippen LogP contribution in [0.3, 0.4) is 0 Å². The first-order valence-corrected chi connectivity index (χ1v) is 4.62. The number of hydrogen-bond donors (Lipinski definition) is 0. The summed E-state index contributed by atoms with van der Waals surface area (Å²) in [4.78, 5) is 5.45. The molecule has 2 nitrogen and oxygen atoms in total. The summed E-state index contributed by atoms with van der Waals surface area (Å²) in [5, 5.41) is 0.206. The van der Waals surface area contributed by atoms with Gasteiger partial charge in [-0.25, -0.2) is 13.8 Å². The molecular formula is C9H8ClF2N2. The van der Waals surface area contributed by atoms with Crippen LogP contribution < -0.4 is 4.90 Å². The lowest BCUT2D eigenvalue weighted by molar-refractivity contribution is 0.0257. The van der Waals surface area contributed by atoms with Crippen molar-refractivity contribution < 1.29 is 8.78 Å². The molecule has 75 valence electrons. The molecule has 0 bridgehead atoms. The van der Waals surface area contributed by atoms with E-state index >= 15 is 0 Å². The highest BCUT2D eigenvalue weighted by Crippen LogP contribution is 2.29. The summed E-state index contributed by atoms with van der Waals surface area (Å²) in [5.41, 5.74) is 0. The van der Waals surface area contributed by atoms with E-state index in [2.05, 4.69) is 11.1 Å². The van der Waals surface area contributed by atoms with Gasteiger partial charge in [-0.1, -0.05) is 11.6 Å². The van der Waals surface area contributed by atoms with Gasteiger partial charge in [-0.15, -0.1) is 0 Å². The summed E-state index contributed by atoms with van der Waals surface area (Å²) in [6.45, 7) is 0.0423. The molecule has 2 heterocycles. The molecule has 14 heavy (non-hydrogen) atoms. The maximum Gasteiger partial charge on any atom is 0.266 e. The Morgan fingerprint density at radius 1 is 1.57 bits per heavy atom. The predicted molar refractivity (Wildman–Crippen MR) is 49.9 cm³/mol. The maximum absolute atomic E-state index is 12.9. The second kappa shape index (κ2) is 3.35. The highest BCUT2D eigenvalue weighted by Gasteiger charge is 2.38. The number of halogens is 3. The van der Waals surface area contributed by atoms with E-state index < -0.39 is 5.92 Å². The van der Waals surface area contributed by atoms with Crippen LogP contribution >= 0.6 is 11.6 Å². The summed E-state index contributed by atoms with van der Waals surface area (Å²) in [5.74, 6) is -2.11. The first-order valence-electron chi connectivity index (χ1n) is 4.24. The Morgan fingerprint density at radius 2 is 2.36 bits per heavy atom. The average molecular weight is 218 g/mol. The van der Waals surface area contributed by atoms with Crippen LogP contribution in [0, 0.1) is 6.07 Å². The Labute approximate surface area is 85.5 Å². The first kappa shape index (κ1) is 9.65. The minimum absolute atomic E-state index is 0.120. The van der Waals surface area contributed by atoms with Gasteiger partial charge in [0.1, 0.15) is 11.0 Å². The number of anilines is 1. The van der Waals surface area contributed by atoms with Gasteiger partial charge in [-0.3, -0.25) is 0 Å². The minimum atomic E-state index is -2.60. The van der Waals surface area contributed by atoms with Gasteiger partial charge in [0.15, 0.2) is 0 Å². The second-order valence-electron chi connectivity index (χ2n) is 3.27. The topological polar surface area (TPSA) is 16.1 Å². The molecule has 1 aliphatic heterocycles. The molecule has 0 spiro atoms. The molecular weight excluding hydrogens is 210 g/mol. The summed E-state index contributed by atoms with van der Waals surface area (Å²) in [6.07, 6.45) is -0.120. The van der Waals surface area contributed by atoms with Gasteiger partial charge in [-0.2, -0.15) is 0 Å². The van der Waals surface area contributed by atoms with Gasteiger partial charge in [0.05, 0.1) is 6.54 Å². The lowest BCUT2D eigenvalue weighted by atomic mass is 10.3. The van der Waals surface area contributed by atoms with E-state index in [1.165, 1.54) is 4.90 Å². The molecule has 0 aromatic carbocycles. The van der Waals surface area contributed by atoms with Crippen molar-refractivity contribution in [3.8, 4) is 0 Å². The van der Waals surface area contributed by atoms with E-state index in [4.69, 9.17) is 11.6 Å². The van der Waals surface area contributed by atoms with E-state index in [0.29, 0.717) is 12.4 Å². The molecule has 5 heteroatoms. The normalized spacial score (nSPS) is 20.1. The standard InChI is InChI=1S/C9H8ClF2N2/c10-7-2-1-3-8(13-7)14-5-4-9(11,12)6-14/h1,3H,4-6H2. The molecule has 0 saturated carbocycles. The average Bonchev–Trinajstić information content (AvgIpc) is 2.46. The van der Waals surface area contributed by atoms with Crippen molar-refractivity contribution in [2.75, 3.05) is 18.0 Å². The van der Waals surface area contributed by atoms with Crippen LogP contribution in [-0.2, 0) is 0 Å². The Kier molecular flexibility index (Phi) is 2.31. The summed E-state index contributed by atoms with van der Waals surface area (Å²) in [6, 6.07) is 5.87. The van der Waals surface area contributed by atoms with E-state index in [9.17, 15) is 8.78 Å². The highest BCUT2D eigenvalue weighted by molar-refractivity contribution is 6.29. The second-order valence-corrected chi connectivity index (χ2v) is 3.62. The molecule has 0 atom stereocenters. The van der Waals surface area contributed by atoms with Crippen molar-refractivity contribution in [2.45, 2.75) is 12.3 Å². The highest BCUT2D eigenvalue weighted by atomic mass is 35.5. The fourth-order valence-electron chi connectivity index (χ4n) is 1.46. The molecule has 2 rings (SSSR count). The summed E-state index contributed by atoms with van der Waals surface area (Å²) < 4.78 is 25.7. The van der Waals surface area contributed by atoms with Crippen molar-refractivity contribution in [3.05, 3.63) is 23.4 Å². The zero-order valence-corrected chi connectivity index (χ0v) is 8.06. The smallest absolute Gasteiger partial charge is 0.266 e. The maximum atomic E-state index is 12.9. The van der Waals surface area contributed by atoms with E-state index in [1.807, 2.05) is 0 Å². The van der Waals surface area contributed by atoms with Crippen LogP contribution in [0.4, 0.5) is 14.6 Å². The van der Waals surface area contributed by atoms with Crippen LogP contribution in [0.25, 0.3) is 0 Å². The van der Waals surface area contributed by atoms with Gasteiger partial charge < -0.3 is 4.90 Å². The van der Waals surface area contributed by atoms with Crippen molar-refractivity contribution in [1.29, 1.82) is 0 Å². The van der Waals surface area contributed by atoms with Crippen molar-refractivity contribution >= 4 is 17.4 Å². The molecule has 0 unspecified atom stereocenters. The fraction of sp³-hybridized carbons (Fsp3) is 0.444. The number of aromatic nitrogens is 1. The van der Waals surface area contributed by atoms with Crippen LogP contribution in [0.1, 0.15) is 6.42 Å². The fourth-order valence-corrected chi connectivity index (χ4v) is 1.61. The molecule has 0 amide bonds. The Bertz CT molecular complexity index is 343. The third-order valence-corrected chi connectivity index (χ3v) is 2.33. The molecule has 1 aromatic rings. The van der Waals surface area contributed by atoms with Crippen LogP contribution in [0.2, 0.25) is 5.15 Å². The quantitative estimate of drug-likeness (QED) is 0.672. The lowest BCUT2D eigenvalue weighted by Gasteiger charge is -2.16. The largest absolute Gasteiger partial charge is 0.350 e. The zero-order chi connectivity index (χ0) is 10.2. The minimum Gasteiger partial charge on any atom is -0.350 e. The van der Waals surface area contributed by atoms with Crippen LogP contribution in [0.5, 0.6) is 0 Å². The predicted octanol–water partition coefficient (Wildman–Crippen LogP) is 2.38. The summed E-state index contributed by atoms with van der Waals surface area (Å²) >= 11 is 5.61. The molecule has 0 N–H and O–H groups in total. The van der Waals surface area contributed by atoms with Crippen molar-refractivity contribution in [1.82, 2.24) is 4.98 Å². The van der Waals surface area contributed by atoms with Gasteiger partial charge in [0.2, 0.25) is 0 Å². The van der Waals surface area contributed by atoms with E-state index in [1.54, 1.807) is 12.1 Å².